The van der Waals surface area contributed by atoms with E-state index in [4.69, 9.17) is 5.11 Å². The molecule has 0 saturated carbocycles. The van der Waals surface area contributed by atoms with Gasteiger partial charge in [0.1, 0.15) is 0 Å². The summed E-state index contributed by atoms with van der Waals surface area (Å²) in [6.45, 7) is 1.92. The third-order valence-electron chi connectivity index (χ3n) is 1.57. The summed E-state index contributed by atoms with van der Waals surface area (Å²) in [4.78, 5) is 4.10. The molecule has 64 valence electrons. The molecule has 0 aliphatic rings. The Labute approximate surface area is 72.6 Å². The first-order valence-corrected chi connectivity index (χ1v) is 4.10. The van der Waals surface area contributed by atoms with Crippen LogP contribution in [0.1, 0.15) is 13.3 Å². The van der Waals surface area contributed by atoms with Crippen LogP contribution >= 0.6 is 0 Å². The van der Waals surface area contributed by atoms with E-state index in [-0.39, 0.29) is 0 Å². The lowest BCUT2D eigenvalue weighted by Gasteiger charge is -1.97. The van der Waals surface area contributed by atoms with Crippen molar-refractivity contribution in [3.8, 4) is 0 Å². The Kier molecular flexibility index (Phi) is 3.48. The monoisotopic (exact) mass is 163 g/mol. The summed E-state index contributed by atoms with van der Waals surface area (Å²) in [5, 5.41) is 9.17. The molecule has 0 bridgehead atoms. The molecule has 0 heterocycles. The number of nitrogens with zero attached hydrogens (tertiary/aromatic N) is 1. The van der Waals surface area contributed by atoms with E-state index in [1.165, 1.54) is 0 Å². The van der Waals surface area contributed by atoms with Crippen molar-refractivity contribution in [3.63, 3.8) is 0 Å². The number of hydrogen-bond acceptors (Lipinski definition) is 2. The third-order valence-corrected chi connectivity index (χ3v) is 1.57. The lowest BCUT2D eigenvalue weighted by Crippen LogP contribution is -2.04. The van der Waals surface area contributed by atoms with Gasteiger partial charge in [-0.25, -0.2) is 0 Å². The molecule has 12 heavy (non-hydrogen) atoms. The summed E-state index contributed by atoms with van der Waals surface area (Å²) in [5.41, 5.74) is 0.880. The molecule has 1 aromatic carbocycles. The van der Waals surface area contributed by atoms with Crippen molar-refractivity contribution in [1.82, 2.24) is 0 Å². The van der Waals surface area contributed by atoms with Crippen molar-refractivity contribution in [2.75, 3.05) is 0 Å². The Morgan fingerprint density at radius 2 is 2.08 bits per heavy atom. The van der Waals surface area contributed by atoms with Crippen molar-refractivity contribution in [2.45, 2.75) is 19.4 Å². The van der Waals surface area contributed by atoms with Gasteiger partial charge in [-0.15, -0.1) is 0 Å². The van der Waals surface area contributed by atoms with Gasteiger partial charge in [0.2, 0.25) is 0 Å². The fourth-order valence-corrected chi connectivity index (χ4v) is 0.792. The maximum Gasteiger partial charge on any atom is 0.0888 e. The summed E-state index contributed by atoms with van der Waals surface area (Å²) in [6, 6.07) is 9.59. The molecule has 0 fully saturated rings. The van der Waals surface area contributed by atoms with Crippen LogP contribution in [0.2, 0.25) is 0 Å². The quantitative estimate of drug-likeness (QED) is 0.680. The topological polar surface area (TPSA) is 32.6 Å². The van der Waals surface area contributed by atoms with Gasteiger partial charge in [0.15, 0.2) is 0 Å². The van der Waals surface area contributed by atoms with Crippen LogP contribution in [0.15, 0.2) is 35.3 Å². The molecule has 1 N–H and O–H groups in total. The Morgan fingerprint density at radius 1 is 1.42 bits per heavy atom. The van der Waals surface area contributed by atoms with E-state index >= 15 is 0 Å². The molecule has 0 aliphatic heterocycles. The van der Waals surface area contributed by atoms with Gasteiger partial charge in [0, 0.05) is 6.21 Å². The number of hydrogen-bond donors (Lipinski definition) is 1. The minimum Gasteiger partial charge on any atom is -0.387 e. The first-order valence-electron chi connectivity index (χ1n) is 4.10. The Balaban J connectivity index is 2.58. The highest BCUT2D eigenvalue weighted by Gasteiger charge is 1.92. The fraction of sp³-hybridized carbons (Fsp3) is 0.300. The summed E-state index contributed by atoms with van der Waals surface area (Å²) in [5.74, 6) is 0. The second-order valence-corrected chi connectivity index (χ2v) is 2.59. The summed E-state index contributed by atoms with van der Waals surface area (Å²) < 4.78 is 0. The van der Waals surface area contributed by atoms with Gasteiger partial charge in [-0.3, -0.25) is 4.99 Å². The van der Waals surface area contributed by atoms with Crippen LogP contribution in [0, 0.1) is 0 Å². The number of aliphatic hydroxyl groups excluding tert-OH is 1. The zero-order valence-electron chi connectivity index (χ0n) is 7.14. The maximum absolute atomic E-state index is 9.17. The number of benzene rings is 1. The second-order valence-electron chi connectivity index (χ2n) is 2.59. The van der Waals surface area contributed by atoms with Gasteiger partial charge in [0.25, 0.3) is 0 Å². The van der Waals surface area contributed by atoms with Crippen LogP contribution in [0.4, 0.5) is 5.69 Å². The Bertz CT molecular complexity index is 243. The molecule has 0 saturated heterocycles. The molecule has 0 radical (unpaired) electrons. The van der Waals surface area contributed by atoms with Crippen LogP contribution in [-0.2, 0) is 0 Å². The molecule has 0 amide bonds. The van der Waals surface area contributed by atoms with Crippen LogP contribution in [0.25, 0.3) is 0 Å². The molecule has 1 atom stereocenters. The largest absolute Gasteiger partial charge is 0.387 e. The van der Waals surface area contributed by atoms with Crippen LogP contribution in [-0.4, -0.2) is 17.4 Å². The molecule has 2 nitrogen and oxygen atoms in total. The lowest BCUT2D eigenvalue weighted by molar-refractivity contribution is 0.242. The smallest absolute Gasteiger partial charge is 0.0888 e. The minimum atomic E-state index is -0.426. The molecule has 1 unspecified atom stereocenters. The Hall–Kier alpha value is -1.15. The Morgan fingerprint density at radius 3 is 2.67 bits per heavy atom. The van der Waals surface area contributed by atoms with Gasteiger partial charge in [0.05, 0.1) is 11.8 Å². The van der Waals surface area contributed by atoms with E-state index in [0.29, 0.717) is 6.42 Å². The van der Waals surface area contributed by atoms with E-state index < -0.39 is 6.10 Å². The van der Waals surface area contributed by atoms with Gasteiger partial charge in [-0.1, -0.05) is 25.1 Å². The van der Waals surface area contributed by atoms with Crippen molar-refractivity contribution in [2.24, 2.45) is 4.99 Å². The average Bonchev–Trinajstić information content (AvgIpc) is 2.16. The summed E-state index contributed by atoms with van der Waals surface area (Å²) >= 11 is 0. The summed E-state index contributed by atoms with van der Waals surface area (Å²) in [7, 11) is 0. The molecule has 0 aliphatic carbocycles. The number of aliphatic hydroxyl groups is 1. The zero-order valence-corrected chi connectivity index (χ0v) is 7.14. The van der Waals surface area contributed by atoms with E-state index in [1.807, 2.05) is 37.3 Å². The van der Waals surface area contributed by atoms with Crippen molar-refractivity contribution in [3.05, 3.63) is 30.3 Å². The standard InChI is InChI=1S/C10H13NO/c1-2-10(12)8-11-9-6-4-3-5-7-9/h3-8,10,12H,2H2,1H3. The first-order chi connectivity index (χ1) is 5.83. The average molecular weight is 163 g/mol. The van der Waals surface area contributed by atoms with Crippen LogP contribution < -0.4 is 0 Å². The lowest BCUT2D eigenvalue weighted by atomic mass is 10.3. The van der Waals surface area contributed by atoms with E-state index in [1.54, 1.807) is 6.21 Å². The molecule has 1 rings (SSSR count). The molecular weight excluding hydrogens is 150 g/mol. The van der Waals surface area contributed by atoms with Crippen molar-refractivity contribution < 1.29 is 5.11 Å². The van der Waals surface area contributed by atoms with Gasteiger partial charge in [-0.2, -0.15) is 0 Å². The highest BCUT2D eigenvalue weighted by Crippen LogP contribution is 2.08. The molecule has 0 aromatic heterocycles. The number of aliphatic imine (C=N–C) groups is 1. The predicted molar refractivity (Wildman–Crippen MR) is 50.9 cm³/mol. The van der Waals surface area contributed by atoms with Crippen LogP contribution in [0.3, 0.4) is 0 Å². The minimum absolute atomic E-state index is 0.426. The van der Waals surface area contributed by atoms with Crippen molar-refractivity contribution >= 4 is 11.9 Å². The van der Waals surface area contributed by atoms with Gasteiger partial charge >= 0.3 is 0 Å². The predicted octanol–water partition coefficient (Wildman–Crippen LogP) is 2.16. The normalized spacial score (nSPS) is 13.5. The van der Waals surface area contributed by atoms with E-state index in [0.717, 1.165) is 5.69 Å². The van der Waals surface area contributed by atoms with Gasteiger partial charge in [-0.05, 0) is 18.6 Å². The molecule has 1 aromatic rings. The third kappa shape index (κ3) is 2.84. The van der Waals surface area contributed by atoms with E-state index in [2.05, 4.69) is 4.99 Å². The SMILES string of the molecule is CCC(O)C=Nc1ccccc1. The van der Waals surface area contributed by atoms with Gasteiger partial charge < -0.3 is 5.11 Å². The zero-order chi connectivity index (χ0) is 8.81. The molecule has 2 heteroatoms. The highest BCUT2D eigenvalue weighted by atomic mass is 16.3. The second kappa shape index (κ2) is 4.67. The van der Waals surface area contributed by atoms with Crippen molar-refractivity contribution in [1.29, 1.82) is 0 Å². The first kappa shape index (κ1) is 8.94. The molecule has 0 spiro atoms. The van der Waals surface area contributed by atoms with Crippen LogP contribution in [0.5, 0.6) is 0 Å². The van der Waals surface area contributed by atoms with E-state index in [9.17, 15) is 0 Å². The highest BCUT2D eigenvalue weighted by molar-refractivity contribution is 5.67. The molecular formula is C10H13NO. The number of rotatable bonds is 3. The fourth-order valence-electron chi connectivity index (χ4n) is 0.792. The maximum atomic E-state index is 9.17. The number of para-hydroxylation sites is 1. The summed E-state index contributed by atoms with van der Waals surface area (Å²) in [6.07, 6.45) is 1.84.